The highest BCUT2D eigenvalue weighted by atomic mass is 79.9. The van der Waals surface area contributed by atoms with Crippen LogP contribution in [0.1, 0.15) is 107 Å². The molecule has 0 atom stereocenters. The number of halogens is 1. The maximum absolute atomic E-state index is 11.6. The number of esters is 3. The number of fused-ring (bicyclic) bond motifs is 3. The molecular weight excluding hydrogens is 813 g/mol. The van der Waals surface area contributed by atoms with E-state index in [1.54, 1.807) is 12.1 Å². The lowest BCUT2D eigenvalue weighted by Crippen LogP contribution is -2.41. The van der Waals surface area contributed by atoms with Gasteiger partial charge in [0.1, 0.15) is 0 Å². The van der Waals surface area contributed by atoms with Crippen LogP contribution in [0.5, 0.6) is 0 Å². The Kier molecular flexibility index (Phi) is 21.2. The van der Waals surface area contributed by atoms with Gasteiger partial charge >= 0.3 is 25.0 Å². The molecule has 1 aliphatic heterocycles. The van der Waals surface area contributed by atoms with E-state index in [1.807, 2.05) is 107 Å². The topological polar surface area (TPSA) is 145 Å². The largest absolute Gasteiger partial charge is 0.486 e. The second-order valence-electron chi connectivity index (χ2n) is 13.2. The molecule has 1 aliphatic rings. The monoisotopic (exact) mass is 875 g/mol. The van der Waals surface area contributed by atoms with E-state index >= 15 is 0 Å². The van der Waals surface area contributed by atoms with E-state index in [9.17, 15) is 14.4 Å². The Morgan fingerprint density at radius 1 is 0.644 bits per heavy atom. The number of hydrogen-bond donors (Lipinski definition) is 3. The molecule has 3 aromatic heterocycles. The number of aryl methyl sites for hydroxylation is 1. The minimum atomic E-state index is -0.345. The molecule has 0 unspecified atom stereocenters. The van der Waals surface area contributed by atoms with E-state index in [2.05, 4.69) is 44.0 Å². The molecule has 59 heavy (non-hydrogen) atoms. The number of carbonyl (C=O) groups excluding carboxylic acids is 3. The fraction of sp³-hybridized carbons (Fsp3) is 0.326. The summed E-state index contributed by atoms with van der Waals surface area (Å²) in [5.41, 5.74) is 5.73. The maximum atomic E-state index is 11.6. The molecule has 0 spiro atoms. The quantitative estimate of drug-likeness (QED) is 0.0852. The third-order valence-electron chi connectivity index (χ3n) is 9.37. The van der Waals surface area contributed by atoms with Crippen molar-refractivity contribution in [3.63, 3.8) is 0 Å². The van der Waals surface area contributed by atoms with Gasteiger partial charge in [-0.15, -0.1) is 6.58 Å². The molecule has 4 heterocycles. The first-order valence-corrected chi connectivity index (χ1v) is 18.3. The van der Waals surface area contributed by atoms with Crippen LogP contribution >= 0.6 is 15.9 Å². The van der Waals surface area contributed by atoms with Crippen molar-refractivity contribution in [2.75, 3.05) is 21.3 Å². The molecule has 0 aliphatic carbocycles. The molecule has 1 saturated heterocycles. The standard InChI is InChI=1S/C12H13NO2.C12H11NO2.C10H8BrNO2.C8H15BO2.4CH4/c2*1-3-9-11(12(14)15-2)8-6-4-5-7-10(8)13-9;1-14-10(13)8-6-4-2-3-5-7(6)12-9(8)11;1-6-9-10-7(2,3)8(4,5)11-9;;;;/h4-7,13H,3H2,1-2H3;3-7,13H,1H2,2H3;2-5,12H,1H3;6H,1H2,2-5H3;4*1H4. The van der Waals surface area contributed by atoms with Gasteiger partial charge in [-0.05, 0) is 74.3 Å². The second-order valence-corrected chi connectivity index (χ2v) is 14.0. The van der Waals surface area contributed by atoms with Crippen LogP contribution in [0, 0.1) is 0 Å². The summed E-state index contributed by atoms with van der Waals surface area (Å²) in [5.74, 6) is 0.720. The summed E-state index contributed by atoms with van der Waals surface area (Å²) in [5, 5.41) is 2.66. The predicted octanol–water partition coefficient (Wildman–Crippen LogP) is 12.2. The summed E-state index contributed by atoms with van der Waals surface area (Å²) in [7, 11) is 3.90. The number of aromatic amines is 3. The summed E-state index contributed by atoms with van der Waals surface area (Å²) in [6.45, 7) is 17.4. The lowest BCUT2D eigenvalue weighted by atomic mass is 9.90. The minimum absolute atomic E-state index is 0. The van der Waals surface area contributed by atoms with E-state index in [-0.39, 0.29) is 65.9 Å². The Labute approximate surface area is 359 Å². The molecule has 3 aromatic carbocycles. The summed E-state index contributed by atoms with van der Waals surface area (Å²) in [6, 6.07) is 22.9. The number of benzene rings is 3. The maximum Gasteiger partial charge on any atom is 0.486 e. The van der Waals surface area contributed by atoms with Crippen molar-refractivity contribution in [1.29, 1.82) is 0 Å². The number of methoxy groups -OCH3 is 3. The van der Waals surface area contributed by atoms with Crippen molar-refractivity contribution < 1.29 is 37.9 Å². The fourth-order valence-electron chi connectivity index (χ4n) is 5.83. The summed E-state index contributed by atoms with van der Waals surface area (Å²) >= 11 is 3.29. The van der Waals surface area contributed by atoms with E-state index in [1.165, 1.54) is 21.3 Å². The normalized spacial score (nSPS) is 12.8. The first-order chi connectivity index (χ1) is 26.2. The lowest BCUT2D eigenvalue weighted by Gasteiger charge is -2.32. The van der Waals surface area contributed by atoms with E-state index in [4.69, 9.17) is 23.5 Å². The zero-order valence-corrected chi connectivity index (χ0v) is 34.0. The van der Waals surface area contributed by atoms with Crippen molar-refractivity contribution in [3.8, 4) is 0 Å². The third kappa shape index (κ3) is 11.9. The number of H-pyrrole nitrogens is 3. The van der Waals surface area contributed by atoms with Crippen molar-refractivity contribution in [2.45, 2.75) is 81.9 Å². The number of aromatic nitrogens is 3. The number of para-hydroxylation sites is 3. The van der Waals surface area contributed by atoms with Gasteiger partial charge in [-0.25, -0.2) is 14.4 Å². The van der Waals surface area contributed by atoms with Crippen LogP contribution in [0.4, 0.5) is 0 Å². The third-order valence-corrected chi connectivity index (χ3v) is 9.96. The molecule has 0 radical (unpaired) electrons. The molecule has 0 bridgehead atoms. The van der Waals surface area contributed by atoms with Gasteiger partial charge in [0, 0.05) is 38.4 Å². The number of nitrogens with one attached hydrogen (secondary N) is 3. The van der Waals surface area contributed by atoms with Crippen molar-refractivity contribution in [3.05, 3.63) is 125 Å². The van der Waals surface area contributed by atoms with Crippen LogP contribution in [-0.2, 0) is 29.9 Å². The Bertz CT molecular complexity index is 2310. The van der Waals surface area contributed by atoms with Gasteiger partial charge in [-0.3, -0.25) is 0 Å². The molecule has 0 amide bonds. The molecule has 13 heteroatoms. The van der Waals surface area contributed by atoms with Crippen molar-refractivity contribution >= 4 is 79.7 Å². The molecule has 0 saturated carbocycles. The number of carbonyl (C=O) groups is 3. The van der Waals surface area contributed by atoms with E-state index in [0.717, 1.165) is 44.8 Å². The van der Waals surface area contributed by atoms with Gasteiger partial charge < -0.3 is 38.5 Å². The summed E-state index contributed by atoms with van der Waals surface area (Å²) in [6.07, 6.45) is 2.41. The van der Waals surface area contributed by atoms with Crippen LogP contribution < -0.4 is 0 Å². The van der Waals surface area contributed by atoms with Crippen LogP contribution in [0.25, 0.3) is 38.8 Å². The fourth-order valence-corrected chi connectivity index (χ4v) is 6.42. The van der Waals surface area contributed by atoms with Crippen LogP contribution in [0.15, 0.2) is 96.5 Å². The van der Waals surface area contributed by atoms with Gasteiger partial charge in [0.25, 0.3) is 0 Å². The lowest BCUT2D eigenvalue weighted by molar-refractivity contribution is 0.00578. The van der Waals surface area contributed by atoms with Crippen LogP contribution in [0.3, 0.4) is 0 Å². The van der Waals surface area contributed by atoms with Gasteiger partial charge in [0.05, 0.1) is 59.5 Å². The highest BCUT2D eigenvalue weighted by molar-refractivity contribution is 9.10. The molecule has 7 rings (SSSR count). The highest BCUT2D eigenvalue weighted by Crippen LogP contribution is 2.36. The SMILES string of the molecule is C.C.C.C.C=CB1OC(C)(C)C(C)(C)O1.C=Cc1[nH]c2ccccc2c1C(=O)OC.CCc1[nH]c2ccccc2c1C(=O)OC.COC(=O)c1c(Br)[nH]c2ccccc12. The zero-order valence-electron chi connectivity index (χ0n) is 32.4. The molecular formula is C46H63BBrN3O8. The highest BCUT2D eigenvalue weighted by Gasteiger charge is 2.49. The van der Waals surface area contributed by atoms with E-state index in [0.29, 0.717) is 27.0 Å². The first-order valence-electron chi connectivity index (χ1n) is 17.5. The smallest absolute Gasteiger partial charge is 0.465 e. The van der Waals surface area contributed by atoms with Gasteiger partial charge in [-0.1, -0.05) is 104 Å². The van der Waals surface area contributed by atoms with E-state index < -0.39 is 0 Å². The molecule has 1 fully saturated rings. The molecule has 320 valence electrons. The minimum Gasteiger partial charge on any atom is -0.465 e. The molecule has 6 aromatic rings. The Morgan fingerprint density at radius 3 is 1.42 bits per heavy atom. The average Bonchev–Trinajstić information content (AvgIpc) is 3.91. The molecule has 3 N–H and O–H groups in total. The van der Waals surface area contributed by atoms with Gasteiger partial charge in [0.15, 0.2) is 0 Å². The van der Waals surface area contributed by atoms with Crippen LogP contribution in [-0.4, -0.2) is 72.5 Å². The van der Waals surface area contributed by atoms with Gasteiger partial charge in [-0.2, -0.15) is 0 Å². The van der Waals surface area contributed by atoms with Crippen molar-refractivity contribution in [1.82, 2.24) is 15.0 Å². The second kappa shape index (κ2) is 23.3. The summed E-state index contributed by atoms with van der Waals surface area (Å²) < 4.78 is 26.0. The van der Waals surface area contributed by atoms with Gasteiger partial charge in [0.2, 0.25) is 0 Å². The Hall–Kier alpha value is -5.37. The van der Waals surface area contributed by atoms with Crippen molar-refractivity contribution in [2.24, 2.45) is 0 Å². The number of ether oxygens (including phenoxy) is 3. The predicted molar refractivity (Wildman–Crippen MR) is 249 cm³/mol. The number of rotatable bonds is 6. The van der Waals surface area contributed by atoms with Crippen LogP contribution in [0.2, 0.25) is 0 Å². The molecule has 11 nitrogen and oxygen atoms in total. The number of hydrogen-bond acceptors (Lipinski definition) is 8. The average molecular weight is 877 g/mol. The first kappa shape index (κ1) is 53.6. The Morgan fingerprint density at radius 2 is 1.02 bits per heavy atom. The zero-order chi connectivity index (χ0) is 40.5. The summed E-state index contributed by atoms with van der Waals surface area (Å²) in [4.78, 5) is 44.0. The Balaban J connectivity index is 0.000000748.